The maximum atomic E-state index is 11.1. The van der Waals surface area contributed by atoms with Crippen molar-refractivity contribution in [3.8, 4) is 17.0 Å². The first-order valence-corrected chi connectivity index (χ1v) is 10.6. The van der Waals surface area contributed by atoms with E-state index in [0.717, 1.165) is 55.2 Å². The number of hydrogen-bond donors (Lipinski definition) is 1. The first-order chi connectivity index (χ1) is 14.5. The van der Waals surface area contributed by atoms with Crippen LogP contribution in [0.4, 0.5) is 0 Å². The molecule has 2 aromatic carbocycles. The van der Waals surface area contributed by atoms with Gasteiger partial charge in [0.1, 0.15) is 17.2 Å². The van der Waals surface area contributed by atoms with Crippen LogP contribution in [0.2, 0.25) is 0 Å². The zero-order chi connectivity index (χ0) is 21.0. The number of likely N-dealkylation sites (tertiary alicyclic amines) is 1. The molecular weight excluding hydrogens is 376 g/mol. The minimum absolute atomic E-state index is 0.483. The molecule has 0 spiro atoms. The van der Waals surface area contributed by atoms with Crippen LogP contribution in [0.15, 0.2) is 65.2 Å². The fraction of sp³-hybridized carbons (Fsp3) is 0.400. The summed E-state index contributed by atoms with van der Waals surface area (Å²) in [6.07, 6.45) is 1.97. The Hall–Kier alpha value is -2.63. The van der Waals surface area contributed by atoms with E-state index in [1.54, 1.807) is 7.11 Å². The largest absolute Gasteiger partial charge is 0.497 e. The fourth-order valence-electron chi connectivity index (χ4n) is 4.24. The van der Waals surface area contributed by atoms with E-state index in [2.05, 4.69) is 47.3 Å². The zero-order valence-corrected chi connectivity index (χ0v) is 17.8. The number of aromatic nitrogens is 1. The van der Waals surface area contributed by atoms with Gasteiger partial charge >= 0.3 is 0 Å². The average Bonchev–Trinajstić information content (AvgIpc) is 3.24. The SMILES string of the molecule is COc1cccc(-c2cc(CC3(O)CCN(C[C@@H](C)c4ccccc4)CC3)on2)c1. The molecule has 0 unspecified atom stereocenters. The van der Waals surface area contributed by atoms with Gasteiger partial charge in [-0.3, -0.25) is 0 Å². The van der Waals surface area contributed by atoms with E-state index in [4.69, 9.17) is 9.26 Å². The lowest BCUT2D eigenvalue weighted by Gasteiger charge is -2.38. The Morgan fingerprint density at radius 1 is 1.10 bits per heavy atom. The minimum atomic E-state index is -0.738. The van der Waals surface area contributed by atoms with Gasteiger partial charge in [0.15, 0.2) is 0 Å². The molecule has 5 nitrogen and oxygen atoms in total. The maximum Gasteiger partial charge on any atom is 0.140 e. The monoisotopic (exact) mass is 406 g/mol. The van der Waals surface area contributed by atoms with Gasteiger partial charge < -0.3 is 19.3 Å². The Kier molecular flexibility index (Phi) is 6.21. The second-order valence-electron chi connectivity index (χ2n) is 8.42. The molecule has 30 heavy (non-hydrogen) atoms. The van der Waals surface area contributed by atoms with Gasteiger partial charge in [0, 0.05) is 37.7 Å². The highest BCUT2D eigenvalue weighted by Crippen LogP contribution is 2.30. The summed E-state index contributed by atoms with van der Waals surface area (Å²) < 4.78 is 10.8. The molecule has 0 radical (unpaired) electrons. The summed E-state index contributed by atoms with van der Waals surface area (Å²) in [5.41, 5.74) is 2.34. The highest BCUT2D eigenvalue weighted by Gasteiger charge is 2.34. The standard InChI is InChI=1S/C25H30N2O3/c1-19(20-7-4-3-5-8-20)18-27-13-11-25(28,12-14-27)17-23-16-24(26-30-23)21-9-6-10-22(15-21)29-2/h3-10,15-16,19,28H,11-14,17-18H2,1-2H3/t19-/m1/s1. The van der Waals surface area contributed by atoms with Crippen molar-refractivity contribution in [2.75, 3.05) is 26.7 Å². The summed E-state index contributed by atoms with van der Waals surface area (Å²) in [5, 5.41) is 15.3. The minimum Gasteiger partial charge on any atom is -0.497 e. The second-order valence-corrected chi connectivity index (χ2v) is 8.42. The van der Waals surface area contributed by atoms with Crippen LogP contribution in [0.25, 0.3) is 11.3 Å². The third-order valence-electron chi connectivity index (χ3n) is 6.12. The van der Waals surface area contributed by atoms with Crippen LogP contribution in [0.1, 0.15) is 37.0 Å². The topological polar surface area (TPSA) is 58.7 Å². The van der Waals surface area contributed by atoms with Crippen LogP contribution in [-0.4, -0.2) is 47.5 Å². The van der Waals surface area contributed by atoms with Crippen molar-refractivity contribution in [1.29, 1.82) is 0 Å². The van der Waals surface area contributed by atoms with Crippen LogP contribution < -0.4 is 4.74 Å². The highest BCUT2D eigenvalue weighted by molar-refractivity contribution is 5.60. The molecule has 1 atom stereocenters. The summed E-state index contributed by atoms with van der Waals surface area (Å²) in [4.78, 5) is 2.45. The third-order valence-corrected chi connectivity index (χ3v) is 6.12. The van der Waals surface area contributed by atoms with Crippen molar-refractivity contribution in [2.45, 2.75) is 37.7 Å². The summed E-state index contributed by atoms with van der Waals surface area (Å²) in [6.45, 7) is 5.07. The fourth-order valence-corrected chi connectivity index (χ4v) is 4.24. The summed E-state index contributed by atoms with van der Waals surface area (Å²) in [5.74, 6) is 1.99. The Labute approximate surface area is 178 Å². The molecule has 0 amide bonds. The van der Waals surface area contributed by atoms with Crippen molar-refractivity contribution in [2.24, 2.45) is 0 Å². The van der Waals surface area contributed by atoms with Gasteiger partial charge in [-0.1, -0.05) is 54.5 Å². The molecular formula is C25H30N2O3. The summed E-state index contributed by atoms with van der Waals surface area (Å²) >= 11 is 0. The Morgan fingerprint density at radius 3 is 2.60 bits per heavy atom. The predicted molar refractivity (Wildman–Crippen MR) is 118 cm³/mol. The van der Waals surface area contributed by atoms with E-state index in [1.807, 2.05) is 30.3 Å². The van der Waals surface area contributed by atoms with Crippen molar-refractivity contribution in [3.05, 3.63) is 72.0 Å². The van der Waals surface area contributed by atoms with Gasteiger partial charge in [-0.2, -0.15) is 0 Å². The molecule has 1 aliphatic heterocycles. The van der Waals surface area contributed by atoms with Crippen LogP contribution >= 0.6 is 0 Å². The van der Waals surface area contributed by atoms with Gasteiger partial charge in [0.2, 0.25) is 0 Å². The lowest BCUT2D eigenvalue weighted by atomic mass is 9.86. The molecule has 1 fully saturated rings. The van der Waals surface area contributed by atoms with Crippen LogP contribution in [-0.2, 0) is 6.42 Å². The number of methoxy groups -OCH3 is 1. The Morgan fingerprint density at radius 2 is 1.87 bits per heavy atom. The van der Waals surface area contributed by atoms with Crippen molar-refractivity contribution < 1.29 is 14.4 Å². The van der Waals surface area contributed by atoms with E-state index in [1.165, 1.54) is 5.56 Å². The number of piperidine rings is 1. The number of nitrogens with zero attached hydrogens (tertiary/aromatic N) is 2. The quantitative estimate of drug-likeness (QED) is 0.625. The van der Waals surface area contributed by atoms with E-state index in [-0.39, 0.29) is 0 Å². The summed E-state index contributed by atoms with van der Waals surface area (Å²) in [6, 6.07) is 20.3. The molecule has 0 bridgehead atoms. The highest BCUT2D eigenvalue weighted by atomic mass is 16.5. The van der Waals surface area contributed by atoms with E-state index in [9.17, 15) is 5.11 Å². The predicted octanol–water partition coefficient (Wildman–Crippen LogP) is 4.52. The smallest absolute Gasteiger partial charge is 0.140 e. The second kappa shape index (κ2) is 9.02. The van der Waals surface area contributed by atoms with Crippen molar-refractivity contribution in [1.82, 2.24) is 10.1 Å². The molecule has 1 aliphatic rings. The van der Waals surface area contributed by atoms with Gasteiger partial charge in [0.25, 0.3) is 0 Å². The van der Waals surface area contributed by atoms with E-state index in [0.29, 0.717) is 12.3 Å². The van der Waals surface area contributed by atoms with Gasteiger partial charge in [-0.15, -0.1) is 0 Å². The normalized spacial score (nSPS) is 17.6. The molecule has 1 N–H and O–H groups in total. The number of hydrogen-bond acceptors (Lipinski definition) is 5. The van der Waals surface area contributed by atoms with E-state index >= 15 is 0 Å². The first-order valence-electron chi connectivity index (χ1n) is 10.6. The molecule has 5 heteroatoms. The molecule has 4 rings (SSSR count). The number of rotatable bonds is 7. The van der Waals surface area contributed by atoms with Crippen molar-refractivity contribution >= 4 is 0 Å². The van der Waals surface area contributed by atoms with Crippen LogP contribution in [0, 0.1) is 0 Å². The molecule has 158 valence electrons. The lowest BCUT2D eigenvalue weighted by Crippen LogP contribution is -2.46. The zero-order valence-electron chi connectivity index (χ0n) is 17.8. The number of aliphatic hydroxyl groups is 1. The number of benzene rings is 2. The molecule has 3 aromatic rings. The number of ether oxygens (including phenoxy) is 1. The van der Waals surface area contributed by atoms with Crippen LogP contribution in [0.3, 0.4) is 0 Å². The van der Waals surface area contributed by atoms with Crippen LogP contribution in [0.5, 0.6) is 5.75 Å². The molecule has 0 saturated carbocycles. The molecule has 1 saturated heterocycles. The Bertz CT molecular complexity index is 946. The molecule has 1 aromatic heterocycles. The lowest BCUT2D eigenvalue weighted by molar-refractivity contribution is -0.0255. The summed E-state index contributed by atoms with van der Waals surface area (Å²) in [7, 11) is 1.65. The Balaban J connectivity index is 1.33. The molecule has 2 heterocycles. The molecule has 0 aliphatic carbocycles. The first kappa shape index (κ1) is 20.6. The van der Waals surface area contributed by atoms with E-state index < -0.39 is 5.60 Å². The third kappa shape index (κ3) is 4.91. The van der Waals surface area contributed by atoms with Crippen molar-refractivity contribution in [3.63, 3.8) is 0 Å². The maximum absolute atomic E-state index is 11.1. The average molecular weight is 407 g/mol. The van der Waals surface area contributed by atoms with Gasteiger partial charge in [-0.05, 0) is 36.5 Å². The van der Waals surface area contributed by atoms with Gasteiger partial charge in [0.05, 0.1) is 12.7 Å². The van der Waals surface area contributed by atoms with Gasteiger partial charge in [-0.25, -0.2) is 0 Å².